The number of fused-ring (bicyclic) bond motifs is 1. The van der Waals surface area contributed by atoms with E-state index in [1.807, 2.05) is 18.2 Å². The number of halogens is 1. The topological polar surface area (TPSA) is 90.5 Å². The van der Waals surface area contributed by atoms with Gasteiger partial charge in [0.15, 0.2) is 0 Å². The number of nitrogens with one attached hydrogen (secondary N) is 3. The van der Waals surface area contributed by atoms with E-state index in [1.165, 1.54) is 4.90 Å². The zero-order valence-electron chi connectivity index (χ0n) is 15.0. The third-order valence-corrected chi connectivity index (χ3v) is 5.59. The highest BCUT2D eigenvalue weighted by Gasteiger charge is 2.39. The van der Waals surface area contributed by atoms with Crippen molar-refractivity contribution in [2.45, 2.75) is 38.1 Å². The first-order valence-corrected chi connectivity index (χ1v) is 9.35. The van der Waals surface area contributed by atoms with Crippen molar-refractivity contribution in [1.29, 1.82) is 0 Å². The molecule has 2 unspecified atom stereocenters. The Hall–Kier alpha value is -2.32. The van der Waals surface area contributed by atoms with E-state index in [2.05, 4.69) is 16.0 Å². The highest BCUT2D eigenvalue weighted by molar-refractivity contribution is 6.05. The van der Waals surface area contributed by atoms with Gasteiger partial charge in [-0.2, -0.15) is 0 Å². The van der Waals surface area contributed by atoms with Gasteiger partial charge in [0.2, 0.25) is 11.8 Å². The SMILES string of the molecule is O=C1CCC(N2Cc3ccc(CNCC(F)C4CNC4)cc3C2=O)C(=O)N1. The van der Waals surface area contributed by atoms with Crippen LogP contribution in [0.4, 0.5) is 4.39 Å². The molecule has 144 valence electrons. The maximum Gasteiger partial charge on any atom is 0.255 e. The van der Waals surface area contributed by atoms with Gasteiger partial charge in [-0.15, -0.1) is 0 Å². The van der Waals surface area contributed by atoms with Gasteiger partial charge in [0, 0.05) is 50.6 Å². The van der Waals surface area contributed by atoms with Gasteiger partial charge in [0.25, 0.3) is 5.91 Å². The molecule has 0 spiro atoms. The van der Waals surface area contributed by atoms with Crippen LogP contribution in [-0.4, -0.2) is 54.5 Å². The second kappa shape index (κ2) is 7.36. The Morgan fingerprint density at radius 3 is 2.78 bits per heavy atom. The van der Waals surface area contributed by atoms with Crippen LogP contribution in [0.1, 0.15) is 34.3 Å². The molecule has 2 fully saturated rings. The van der Waals surface area contributed by atoms with Crippen LogP contribution in [0.3, 0.4) is 0 Å². The number of imide groups is 1. The largest absolute Gasteiger partial charge is 0.322 e. The Labute approximate surface area is 156 Å². The van der Waals surface area contributed by atoms with Gasteiger partial charge in [-0.1, -0.05) is 12.1 Å². The van der Waals surface area contributed by atoms with Crippen molar-refractivity contribution >= 4 is 17.7 Å². The van der Waals surface area contributed by atoms with Crippen LogP contribution in [0.15, 0.2) is 18.2 Å². The highest BCUT2D eigenvalue weighted by atomic mass is 19.1. The minimum atomic E-state index is -0.870. The zero-order chi connectivity index (χ0) is 19.0. The molecule has 0 saturated carbocycles. The summed E-state index contributed by atoms with van der Waals surface area (Å²) in [6.45, 7) is 2.60. The van der Waals surface area contributed by atoms with E-state index in [4.69, 9.17) is 0 Å². The van der Waals surface area contributed by atoms with Crippen LogP contribution in [0.2, 0.25) is 0 Å². The van der Waals surface area contributed by atoms with Crippen molar-refractivity contribution in [1.82, 2.24) is 20.9 Å². The first kappa shape index (κ1) is 18.1. The molecular weight excluding hydrogens is 351 g/mol. The Bertz CT molecular complexity index is 780. The van der Waals surface area contributed by atoms with E-state index in [-0.39, 0.29) is 24.2 Å². The van der Waals surface area contributed by atoms with Crippen molar-refractivity contribution in [3.05, 3.63) is 34.9 Å². The average Bonchev–Trinajstić information content (AvgIpc) is 2.90. The number of rotatable bonds is 6. The Balaban J connectivity index is 1.37. The van der Waals surface area contributed by atoms with Crippen molar-refractivity contribution in [3.8, 4) is 0 Å². The maximum absolute atomic E-state index is 13.9. The lowest BCUT2D eigenvalue weighted by atomic mass is 9.97. The molecule has 3 heterocycles. The minimum Gasteiger partial charge on any atom is -0.322 e. The van der Waals surface area contributed by atoms with E-state index in [1.54, 1.807) is 0 Å². The lowest BCUT2D eigenvalue weighted by Gasteiger charge is -2.30. The van der Waals surface area contributed by atoms with E-state index in [0.29, 0.717) is 31.6 Å². The van der Waals surface area contributed by atoms with Gasteiger partial charge in [0.1, 0.15) is 12.2 Å². The minimum absolute atomic E-state index is 0.0844. The molecule has 3 aliphatic heterocycles. The van der Waals surface area contributed by atoms with Gasteiger partial charge in [-0.25, -0.2) is 4.39 Å². The third-order valence-electron chi connectivity index (χ3n) is 5.59. The number of hydrogen-bond donors (Lipinski definition) is 3. The number of carbonyl (C=O) groups is 3. The Morgan fingerprint density at radius 2 is 2.07 bits per heavy atom. The van der Waals surface area contributed by atoms with Crippen molar-refractivity contribution < 1.29 is 18.8 Å². The van der Waals surface area contributed by atoms with E-state index >= 15 is 0 Å². The number of hydrogen-bond acceptors (Lipinski definition) is 5. The molecule has 3 N–H and O–H groups in total. The standard InChI is InChI=1S/C19H23FN4O3/c20-15(13-7-22-8-13)9-21-6-11-1-2-12-10-24(19(27)14(12)5-11)16-3-4-17(25)23-18(16)26/h1-2,5,13,15-16,21-22H,3-4,6-10H2,(H,23,25,26). The summed E-state index contributed by atoms with van der Waals surface area (Å²) in [5, 5.41) is 8.48. The summed E-state index contributed by atoms with van der Waals surface area (Å²) in [4.78, 5) is 37.7. The van der Waals surface area contributed by atoms with Crippen LogP contribution in [0.5, 0.6) is 0 Å². The fraction of sp³-hybridized carbons (Fsp3) is 0.526. The summed E-state index contributed by atoms with van der Waals surface area (Å²) in [7, 11) is 0. The number of benzene rings is 1. The fourth-order valence-corrected chi connectivity index (χ4v) is 3.80. The smallest absolute Gasteiger partial charge is 0.255 e. The quantitative estimate of drug-likeness (QED) is 0.615. The molecule has 0 aliphatic carbocycles. The van der Waals surface area contributed by atoms with Crippen molar-refractivity contribution in [2.24, 2.45) is 5.92 Å². The molecule has 2 saturated heterocycles. The van der Waals surface area contributed by atoms with Gasteiger partial charge < -0.3 is 15.5 Å². The molecule has 7 nitrogen and oxygen atoms in total. The molecule has 8 heteroatoms. The summed E-state index contributed by atoms with van der Waals surface area (Å²) in [6, 6.07) is 5.02. The van der Waals surface area contributed by atoms with Crippen molar-refractivity contribution in [2.75, 3.05) is 19.6 Å². The number of amides is 3. The predicted octanol–water partition coefficient (Wildman–Crippen LogP) is 0.0947. The molecule has 3 aliphatic rings. The Kier molecular flexibility index (Phi) is 4.92. The van der Waals surface area contributed by atoms with E-state index in [9.17, 15) is 18.8 Å². The van der Waals surface area contributed by atoms with Crippen molar-refractivity contribution in [3.63, 3.8) is 0 Å². The molecule has 0 bridgehead atoms. The monoisotopic (exact) mass is 374 g/mol. The van der Waals surface area contributed by atoms with E-state index < -0.39 is 18.1 Å². The van der Waals surface area contributed by atoms with Gasteiger partial charge in [-0.3, -0.25) is 19.7 Å². The summed E-state index contributed by atoms with van der Waals surface area (Å²) in [5.74, 6) is -0.808. The van der Waals surface area contributed by atoms with Crippen LogP contribution in [-0.2, 0) is 22.7 Å². The number of piperidine rings is 1. The molecule has 3 amide bonds. The van der Waals surface area contributed by atoms with Gasteiger partial charge in [-0.05, 0) is 23.6 Å². The van der Waals surface area contributed by atoms with Gasteiger partial charge >= 0.3 is 0 Å². The lowest BCUT2D eigenvalue weighted by Crippen LogP contribution is -2.52. The zero-order valence-corrected chi connectivity index (χ0v) is 15.0. The maximum atomic E-state index is 13.9. The molecule has 27 heavy (non-hydrogen) atoms. The average molecular weight is 374 g/mol. The summed E-state index contributed by atoms with van der Waals surface area (Å²) in [6.07, 6.45) is -0.274. The first-order valence-electron chi connectivity index (χ1n) is 9.35. The number of carbonyl (C=O) groups excluding carboxylic acids is 3. The second-order valence-electron chi connectivity index (χ2n) is 7.46. The molecule has 1 aromatic rings. The summed E-state index contributed by atoms with van der Waals surface area (Å²) >= 11 is 0. The van der Waals surface area contributed by atoms with Crippen LogP contribution in [0, 0.1) is 5.92 Å². The lowest BCUT2D eigenvalue weighted by molar-refractivity contribution is -0.136. The molecule has 1 aromatic carbocycles. The van der Waals surface area contributed by atoms with Crippen LogP contribution in [0.25, 0.3) is 0 Å². The molecule has 4 rings (SSSR count). The normalized spacial score (nSPS) is 23.8. The molecule has 2 atom stereocenters. The second-order valence-corrected chi connectivity index (χ2v) is 7.46. The number of alkyl halides is 1. The summed E-state index contributed by atoms with van der Waals surface area (Å²) in [5.41, 5.74) is 2.36. The first-order chi connectivity index (χ1) is 13.0. The van der Waals surface area contributed by atoms with Gasteiger partial charge in [0.05, 0.1) is 0 Å². The predicted molar refractivity (Wildman–Crippen MR) is 95.4 cm³/mol. The molecule has 0 aromatic heterocycles. The summed E-state index contributed by atoms with van der Waals surface area (Å²) < 4.78 is 13.9. The molecule has 0 radical (unpaired) electrons. The Morgan fingerprint density at radius 1 is 1.26 bits per heavy atom. The van der Waals surface area contributed by atoms with E-state index in [0.717, 1.165) is 24.2 Å². The fourth-order valence-electron chi connectivity index (χ4n) is 3.80. The van der Waals surface area contributed by atoms with Crippen LogP contribution >= 0.6 is 0 Å². The van der Waals surface area contributed by atoms with Crippen LogP contribution < -0.4 is 16.0 Å². The third kappa shape index (κ3) is 3.59. The highest BCUT2D eigenvalue weighted by Crippen LogP contribution is 2.28. The molecular formula is C19H23FN4O3. The number of nitrogens with zero attached hydrogens (tertiary/aromatic N) is 1.